The van der Waals surface area contributed by atoms with Crippen molar-refractivity contribution >= 4 is 28.7 Å². The highest BCUT2D eigenvalue weighted by molar-refractivity contribution is 7.99. The van der Waals surface area contributed by atoms with E-state index < -0.39 is 5.91 Å². The Balaban J connectivity index is 1.73. The van der Waals surface area contributed by atoms with Crippen LogP contribution in [0.2, 0.25) is 0 Å². The maximum absolute atomic E-state index is 12.1. The lowest BCUT2D eigenvalue weighted by atomic mass is 10.0. The average Bonchev–Trinajstić information content (AvgIpc) is 2.91. The zero-order valence-corrected chi connectivity index (χ0v) is 15.9. The number of amides is 1. The van der Waals surface area contributed by atoms with Crippen molar-refractivity contribution in [1.29, 1.82) is 0 Å². The molecule has 6 nitrogen and oxygen atoms in total. The molecule has 2 aromatic heterocycles. The summed E-state index contributed by atoms with van der Waals surface area (Å²) < 4.78 is 1.74. The molecule has 0 saturated carbocycles. The minimum atomic E-state index is -0.451. The van der Waals surface area contributed by atoms with Crippen LogP contribution in [0.4, 0.5) is 0 Å². The number of pyridine rings is 1. The van der Waals surface area contributed by atoms with Gasteiger partial charge in [0.15, 0.2) is 0 Å². The van der Waals surface area contributed by atoms with Crippen molar-refractivity contribution in [2.45, 2.75) is 38.8 Å². The Bertz CT molecular complexity index is 1040. The molecule has 0 aliphatic carbocycles. The van der Waals surface area contributed by atoms with Gasteiger partial charge < -0.3 is 10.7 Å². The smallest absolute Gasteiger partial charge is 0.326 e. The van der Waals surface area contributed by atoms with Gasteiger partial charge in [0.1, 0.15) is 5.03 Å². The van der Waals surface area contributed by atoms with Gasteiger partial charge in [-0.25, -0.2) is 9.78 Å². The first-order valence-corrected chi connectivity index (χ1v) is 9.46. The van der Waals surface area contributed by atoms with Crippen LogP contribution in [0.5, 0.6) is 0 Å². The molecular weight excluding hydrogens is 348 g/mol. The number of thioether (sulfide) groups is 1. The van der Waals surface area contributed by atoms with Gasteiger partial charge in [0, 0.05) is 18.0 Å². The molecular formula is C19H22N4O2S. The summed E-state index contributed by atoms with van der Waals surface area (Å²) in [4.78, 5) is 31.3. The summed E-state index contributed by atoms with van der Waals surface area (Å²) in [6, 6.07) is 7.64. The van der Waals surface area contributed by atoms with E-state index in [1.165, 1.54) is 11.8 Å². The van der Waals surface area contributed by atoms with Crippen molar-refractivity contribution in [2.24, 2.45) is 5.73 Å². The lowest BCUT2D eigenvalue weighted by molar-refractivity contribution is 0.0996. The number of H-pyrrole nitrogens is 1. The number of rotatable bonds is 6. The van der Waals surface area contributed by atoms with E-state index in [2.05, 4.69) is 9.97 Å². The number of nitrogens with zero attached hydrogens (tertiary/aromatic N) is 2. The van der Waals surface area contributed by atoms with Crippen LogP contribution in [0.1, 0.15) is 33.6 Å². The zero-order valence-electron chi connectivity index (χ0n) is 15.1. The lowest BCUT2D eigenvalue weighted by Gasteiger charge is -2.13. The third-order valence-electron chi connectivity index (χ3n) is 4.66. The molecule has 1 aromatic carbocycles. The summed E-state index contributed by atoms with van der Waals surface area (Å²) in [5.74, 6) is 0.287. The fourth-order valence-corrected chi connectivity index (χ4v) is 4.09. The number of carbonyl (C=O) groups is 1. The summed E-state index contributed by atoms with van der Waals surface area (Å²) in [5, 5.41) is 0.671. The van der Waals surface area contributed by atoms with Crippen LogP contribution in [0.25, 0.3) is 11.0 Å². The van der Waals surface area contributed by atoms with Gasteiger partial charge in [0.05, 0.1) is 16.6 Å². The SMILES string of the molecule is Cc1nc(SCCCn2c(=O)[nH]c3ccccc32)c(C(N)=O)c(C)c1C. The number of aryl methyl sites for hydroxylation is 2. The van der Waals surface area contributed by atoms with Gasteiger partial charge in [-0.1, -0.05) is 12.1 Å². The number of aromatic amines is 1. The zero-order chi connectivity index (χ0) is 18.8. The molecule has 1 amide bonds. The second kappa shape index (κ2) is 7.37. The van der Waals surface area contributed by atoms with Gasteiger partial charge >= 0.3 is 5.69 Å². The Morgan fingerprint density at radius 1 is 1.23 bits per heavy atom. The molecule has 0 atom stereocenters. The van der Waals surface area contributed by atoms with E-state index in [1.807, 2.05) is 45.0 Å². The Morgan fingerprint density at radius 3 is 2.69 bits per heavy atom. The van der Waals surface area contributed by atoms with Crippen LogP contribution >= 0.6 is 11.8 Å². The standard InChI is InChI=1S/C19H22N4O2S/c1-11-12(2)16(17(20)24)18(21-13(11)3)26-10-6-9-23-15-8-5-4-7-14(15)22-19(23)25/h4-5,7-8H,6,9-10H2,1-3H3,(H2,20,24)(H,22,25). The number of nitrogens with one attached hydrogen (secondary N) is 1. The molecule has 136 valence electrons. The summed E-state index contributed by atoms with van der Waals surface area (Å²) in [5.41, 5.74) is 10.5. The normalized spacial score (nSPS) is 11.2. The molecule has 3 N–H and O–H groups in total. The number of benzene rings is 1. The number of aromatic nitrogens is 3. The van der Waals surface area contributed by atoms with E-state index in [0.717, 1.165) is 40.0 Å². The van der Waals surface area contributed by atoms with Gasteiger partial charge in [-0.15, -0.1) is 11.8 Å². The Morgan fingerprint density at radius 2 is 1.96 bits per heavy atom. The minimum Gasteiger partial charge on any atom is -0.366 e. The lowest BCUT2D eigenvalue weighted by Crippen LogP contribution is -2.18. The molecule has 0 radical (unpaired) electrons. The topological polar surface area (TPSA) is 93.8 Å². The molecule has 0 spiro atoms. The first-order valence-electron chi connectivity index (χ1n) is 8.48. The monoisotopic (exact) mass is 370 g/mol. The van der Waals surface area contributed by atoms with Crippen molar-refractivity contribution in [3.05, 3.63) is 57.1 Å². The quantitative estimate of drug-likeness (QED) is 0.515. The molecule has 0 fully saturated rings. The molecule has 2 heterocycles. The van der Waals surface area contributed by atoms with Gasteiger partial charge in [-0.05, 0) is 50.5 Å². The number of para-hydroxylation sites is 2. The maximum Gasteiger partial charge on any atom is 0.326 e. The second-order valence-electron chi connectivity index (χ2n) is 6.29. The number of fused-ring (bicyclic) bond motifs is 1. The van der Waals surface area contributed by atoms with E-state index in [9.17, 15) is 9.59 Å². The average molecular weight is 370 g/mol. The number of imidazole rings is 1. The van der Waals surface area contributed by atoms with Crippen LogP contribution in [-0.4, -0.2) is 26.2 Å². The van der Waals surface area contributed by atoms with Gasteiger partial charge in [-0.3, -0.25) is 9.36 Å². The third kappa shape index (κ3) is 3.39. The Hall–Kier alpha value is -2.54. The second-order valence-corrected chi connectivity index (χ2v) is 7.38. The predicted octanol–water partition coefficient (Wildman–Crippen LogP) is 2.93. The molecule has 7 heteroatoms. The molecule has 0 saturated heterocycles. The van der Waals surface area contributed by atoms with E-state index in [0.29, 0.717) is 17.1 Å². The molecule has 3 rings (SSSR count). The van der Waals surface area contributed by atoms with Crippen LogP contribution in [-0.2, 0) is 6.54 Å². The van der Waals surface area contributed by atoms with Crippen molar-refractivity contribution in [3.8, 4) is 0 Å². The Labute approximate surface area is 155 Å². The fraction of sp³-hybridized carbons (Fsp3) is 0.316. The summed E-state index contributed by atoms with van der Waals surface area (Å²) >= 11 is 1.51. The molecule has 0 unspecified atom stereocenters. The van der Waals surface area contributed by atoms with Gasteiger partial charge in [0.2, 0.25) is 0 Å². The highest BCUT2D eigenvalue weighted by atomic mass is 32.2. The largest absolute Gasteiger partial charge is 0.366 e. The van der Waals surface area contributed by atoms with E-state index in [4.69, 9.17) is 5.73 Å². The maximum atomic E-state index is 12.1. The van der Waals surface area contributed by atoms with E-state index in [-0.39, 0.29) is 5.69 Å². The van der Waals surface area contributed by atoms with Crippen LogP contribution in [0, 0.1) is 20.8 Å². The summed E-state index contributed by atoms with van der Waals surface area (Å²) in [6.45, 7) is 6.38. The number of nitrogens with two attached hydrogens (primary N) is 1. The van der Waals surface area contributed by atoms with Crippen molar-refractivity contribution in [2.75, 3.05) is 5.75 Å². The fourth-order valence-electron chi connectivity index (χ4n) is 3.03. The van der Waals surface area contributed by atoms with Crippen molar-refractivity contribution in [3.63, 3.8) is 0 Å². The van der Waals surface area contributed by atoms with Crippen LogP contribution in [0.3, 0.4) is 0 Å². The molecule has 26 heavy (non-hydrogen) atoms. The third-order valence-corrected chi connectivity index (χ3v) is 5.72. The van der Waals surface area contributed by atoms with Crippen LogP contribution < -0.4 is 11.4 Å². The van der Waals surface area contributed by atoms with Crippen LogP contribution in [0.15, 0.2) is 34.1 Å². The summed E-state index contributed by atoms with van der Waals surface area (Å²) in [7, 11) is 0. The van der Waals surface area contributed by atoms with E-state index in [1.54, 1.807) is 4.57 Å². The minimum absolute atomic E-state index is 0.103. The molecule has 0 bridgehead atoms. The van der Waals surface area contributed by atoms with E-state index >= 15 is 0 Å². The Kier molecular flexibility index (Phi) is 5.18. The van der Waals surface area contributed by atoms with Gasteiger partial charge in [0.25, 0.3) is 5.91 Å². The molecule has 3 aromatic rings. The number of primary amides is 1. The first kappa shape index (κ1) is 18.3. The highest BCUT2D eigenvalue weighted by Gasteiger charge is 2.17. The van der Waals surface area contributed by atoms with Crippen molar-refractivity contribution < 1.29 is 4.79 Å². The number of hydrogen-bond donors (Lipinski definition) is 2. The van der Waals surface area contributed by atoms with Gasteiger partial charge in [-0.2, -0.15) is 0 Å². The molecule has 0 aliphatic rings. The van der Waals surface area contributed by atoms with Crippen molar-refractivity contribution in [1.82, 2.24) is 14.5 Å². The number of carbonyl (C=O) groups excluding carboxylic acids is 1. The predicted molar refractivity (Wildman–Crippen MR) is 105 cm³/mol. The number of hydrogen-bond acceptors (Lipinski definition) is 4. The summed E-state index contributed by atoms with van der Waals surface area (Å²) in [6.07, 6.45) is 0.776. The first-order chi connectivity index (χ1) is 12.4. The molecule has 0 aliphatic heterocycles. The highest BCUT2D eigenvalue weighted by Crippen LogP contribution is 2.27.